The molecule has 5 heteroatoms. The van der Waals surface area contributed by atoms with Crippen molar-refractivity contribution in [3.63, 3.8) is 0 Å². The Morgan fingerprint density at radius 3 is 1.82 bits per heavy atom. The third-order valence-corrected chi connectivity index (χ3v) is 15.1. The van der Waals surface area contributed by atoms with Crippen LogP contribution in [0.15, 0.2) is 235 Å². The first kappa shape index (κ1) is 40.8. The van der Waals surface area contributed by atoms with Crippen LogP contribution in [0.1, 0.15) is 50.9 Å². The average Bonchev–Trinajstić information content (AvgIpc) is 3.93. The number of pyridine rings is 1. The molecular formula is C66H45N5. The summed E-state index contributed by atoms with van der Waals surface area (Å²) in [6, 6.07) is 74.2. The average molecular weight is 908 g/mol. The summed E-state index contributed by atoms with van der Waals surface area (Å²) in [7, 11) is 0. The number of aromatic nitrogens is 1. The smallest absolute Gasteiger partial charge is 0.181 e. The molecule has 3 N–H and O–H groups in total. The van der Waals surface area contributed by atoms with E-state index in [0.29, 0.717) is 11.7 Å². The zero-order valence-corrected chi connectivity index (χ0v) is 38.8. The van der Waals surface area contributed by atoms with Crippen molar-refractivity contribution in [2.45, 2.75) is 18.3 Å². The van der Waals surface area contributed by atoms with Crippen molar-refractivity contribution < 1.29 is 0 Å². The lowest BCUT2D eigenvalue weighted by molar-refractivity contribution is 0.794. The molecule has 10 aromatic carbocycles. The molecule has 0 bridgehead atoms. The first-order valence-electron chi connectivity index (χ1n) is 24.4. The molecule has 0 atom stereocenters. The van der Waals surface area contributed by atoms with Crippen molar-refractivity contribution in [3.8, 4) is 44.5 Å². The molecule has 11 aromatic rings. The Kier molecular flexibility index (Phi) is 9.33. The number of allylic oxidation sites excluding steroid dienone is 1. The Bertz CT molecular complexity index is 4030. The Hall–Kier alpha value is -9.19. The number of hydrogen-bond donors (Lipinski definition) is 2. The number of hydrogen-bond acceptors (Lipinski definition) is 3. The number of nitrogens with one attached hydrogen (secondary N) is 1. The first-order valence-corrected chi connectivity index (χ1v) is 24.4. The fraction of sp³-hybridized carbons (Fsp3) is 0.0455. The SMILES string of the molecule is NC(=N/C(=N\Nc1ccc2c(c1)C1(c3ccccc3-c3ccccc31)c1ccccc1-2)c1cc(-c2cccnc2)cc(-c2cc3c4c(c5ccccc5c3c3ccccc23)CCC=C4)c1)c1ccccc1. The van der Waals surface area contributed by atoms with Gasteiger partial charge in [-0.3, -0.25) is 10.4 Å². The van der Waals surface area contributed by atoms with E-state index in [9.17, 15) is 0 Å². The van der Waals surface area contributed by atoms with E-state index in [2.05, 4.69) is 192 Å². The highest BCUT2D eigenvalue weighted by Crippen LogP contribution is 2.63. The summed E-state index contributed by atoms with van der Waals surface area (Å²) in [5, 5.41) is 12.8. The van der Waals surface area contributed by atoms with Crippen LogP contribution in [-0.2, 0) is 11.8 Å². The van der Waals surface area contributed by atoms with Gasteiger partial charge in [-0.05, 0) is 160 Å². The number of benzene rings is 10. The molecule has 3 aliphatic rings. The summed E-state index contributed by atoms with van der Waals surface area (Å²) < 4.78 is 0. The first-order chi connectivity index (χ1) is 35.1. The van der Waals surface area contributed by atoms with Gasteiger partial charge < -0.3 is 5.73 Å². The molecule has 1 spiro atoms. The number of hydrazone groups is 1. The largest absolute Gasteiger partial charge is 0.383 e. The standard InChI is InChI=1S/C66H45N5/c67-64(41-17-2-1-3-18-41)69-65(71-70-46-32-33-54-53-26-12-15-31-61(53)66(62(54)38-46)59-29-13-10-24-51(59)52-25-11-14-30-60(52)66)45-36-43(42-19-16-34-68-40-42)35-44(37-45)57-39-58-49-22-5-4-20-47(49)48-21-6-8-27-55(48)63(58)56-28-9-7-23-50(56)57/h1-3,5-19,21-40,70H,4,20H2,(H2,67,69,71). The summed E-state index contributed by atoms with van der Waals surface area (Å²) >= 11 is 0. The Morgan fingerprint density at radius 1 is 0.493 bits per heavy atom. The fourth-order valence-electron chi connectivity index (χ4n) is 12.1. The number of aryl methyl sites for hydroxylation is 1. The maximum atomic E-state index is 6.96. The van der Waals surface area contributed by atoms with E-state index in [0.717, 1.165) is 51.9 Å². The van der Waals surface area contributed by atoms with E-state index in [4.69, 9.17) is 15.8 Å². The molecule has 3 aliphatic carbocycles. The highest BCUT2D eigenvalue weighted by molar-refractivity contribution is 6.26. The highest BCUT2D eigenvalue weighted by Gasteiger charge is 2.51. The summed E-state index contributed by atoms with van der Waals surface area (Å²) in [4.78, 5) is 9.77. The molecule has 0 aliphatic heterocycles. The van der Waals surface area contributed by atoms with Gasteiger partial charge in [0.1, 0.15) is 5.84 Å². The van der Waals surface area contributed by atoms with E-state index in [1.54, 1.807) is 0 Å². The zero-order valence-electron chi connectivity index (χ0n) is 38.8. The van der Waals surface area contributed by atoms with Gasteiger partial charge in [0.15, 0.2) is 5.84 Å². The molecule has 0 fully saturated rings. The molecular weight excluding hydrogens is 863 g/mol. The lowest BCUT2D eigenvalue weighted by atomic mass is 9.70. The van der Waals surface area contributed by atoms with Gasteiger partial charge in [0.2, 0.25) is 0 Å². The van der Waals surface area contributed by atoms with Crippen LogP contribution in [-0.4, -0.2) is 16.7 Å². The molecule has 1 aromatic heterocycles. The van der Waals surface area contributed by atoms with Crippen LogP contribution in [0.3, 0.4) is 0 Å². The molecule has 0 saturated carbocycles. The van der Waals surface area contributed by atoms with Gasteiger partial charge >= 0.3 is 0 Å². The van der Waals surface area contributed by atoms with E-state index in [1.165, 1.54) is 88.0 Å². The molecule has 0 unspecified atom stereocenters. The molecule has 0 amide bonds. The second-order valence-electron chi connectivity index (χ2n) is 18.9. The summed E-state index contributed by atoms with van der Waals surface area (Å²) in [6.45, 7) is 0. The zero-order chi connectivity index (χ0) is 47.0. The maximum absolute atomic E-state index is 6.96. The Balaban J connectivity index is 0.980. The van der Waals surface area contributed by atoms with Crippen molar-refractivity contribution in [2.24, 2.45) is 15.8 Å². The minimum absolute atomic E-state index is 0.364. The minimum Gasteiger partial charge on any atom is -0.383 e. The summed E-state index contributed by atoms with van der Waals surface area (Å²) in [6.07, 6.45) is 10.4. The van der Waals surface area contributed by atoms with E-state index >= 15 is 0 Å². The van der Waals surface area contributed by atoms with Crippen molar-refractivity contribution in [1.82, 2.24) is 4.98 Å². The molecule has 14 rings (SSSR count). The van der Waals surface area contributed by atoms with Gasteiger partial charge in [-0.2, -0.15) is 5.10 Å². The molecule has 1 heterocycles. The van der Waals surface area contributed by atoms with Gasteiger partial charge in [-0.25, -0.2) is 4.99 Å². The van der Waals surface area contributed by atoms with E-state index < -0.39 is 5.41 Å². The van der Waals surface area contributed by atoms with Crippen LogP contribution < -0.4 is 11.2 Å². The lowest BCUT2D eigenvalue weighted by Crippen LogP contribution is -2.25. The quantitative estimate of drug-likeness (QED) is 0.0755. The van der Waals surface area contributed by atoms with Crippen molar-refractivity contribution in [2.75, 3.05) is 5.43 Å². The van der Waals surface area contributed by atoms with Crippen LogP contribution in [0.4, 0.5) is 5.69 Å². The topological polar surface area (TPSA) is 75.7 Å². The predicted molar refractivity (Wildman–Crippen MR) is 295 cm³/mol. The summed E-state index contributed by atoms with van der Waals surface area (Å²) in [5.74, 6) is 0.813. The fourth-order valence-corrected chi connectivity index (χ4v) is 12.1. The van der Waals surface area contributed by atoms with E-state index in [1.807, 2.05) is 48.8 Å². The minimum atomic E-state index is -0.490. The van der Waals surface area contributed by atoms with Crippen LogP contribution >= 0.6 is 0 Å². The third kappa shape index (κ3) is 6.29. The molecule has 0 saturated heterocycles. The van der Waals surface area contributed by atoms with Crippen LogP contribution in [0.5, 0.6) is 0 Å². The highest BCUT2D eigenvalue weighted by atomic mass is 15.3. The van der Waals surface area contributed by atoms with Crippen molar-refractivity contribution in [3.05, 3.63) is 269 Å². The summed E-state index contributed by atoms with van der Waals surface area (Å²) in [5.41, 5.74) is 29.4. The van der Waals surface area contributed by atoms with Gasteiger partial charge in [-0.1, -0.05) is 176 Å². The molecule has 5 nitrogen and oxygen atoms in total. The van der Waals surface area contributed by atoms with Crippen molar-refractivity contribution in [1.29, 1.82) is 0 Å². The second kappa shape index (κ2) is 16.2. The number of aliphatic imine (C=N–C) groups is 1. The Labute approximate surface area is 412 Å². The van der Waals surface area contributed by atoms with Crippen LogP contribution in [0, 0.1) is 0 Å². The second-order valence-corrected chi connectivity index (χ2v) is 18.9. The monoisotopic (exact) mass is 907 g/mol. The van der Waals surface area contributed by atoms with E-state index in [-0.39, 0.29) is 0 Å². The lowest BCUT2D eigenvalue weighted by Gasteiger charge is -2.30. The number of amidine groups is 2. The number of fused-ring (bicyclic) bond motifs is 18. The van der Waals surface area contributed by atoms with Gasteiger partial charge in [0.25, 0.3) is 0 Å². The van der Waals surface area contributed by atoms with Crippen LogP contribution in [0.25, 0.3) is 82.9 Å². The molecule has 334 valence electrons. The van der Waals surface area contributed by atoms with Gasteiger partial charge in [0.05, 0.1) is 11.1 Å². The third-order valence-electron chi connectivity index (χ3n) is 15.1. The normalized spacial score (nSPS) is 14.1. The molecule has 71 heavy (non-hydrogen) atoms. The van der Waals surface area contributed by atoms with Gasteiger partial charge in [-0.15, -0.1) is 0 Å². The Morgan fingerprint density at radius 2 is 1.11 bits per heavy atom. The van der Waals surface area contributed by atoms with Gasteiger partial charge in [0, 0.05) is 29.1 Å². The molecule has 0 radical (unpaired) electrons. The predicted octanol–water partition coefficient (Wildman–Crippen LogP) is 15.4. The number of nitrogens with zero attached hydrogens (tertiary/aromatic N) is 3. The van der Waals surface area contributed by atoms with Crippen molar-refractivity contribution >= 4 is 55.8 Å². The number of nitrogens with two attached hydrogens (primary N) is 1. The maximum Gasteiger partial charge on any atom is 0.181 e. The van der Waals surface area contributed by atoms with Crippen LogP contribution in [0.2, 0.25) is 0 Å². The number of anilines is 1. The number of rotatable bonds is 6.